The van der Waals surface area contributed by atoms with Crippen LogP contribution in [0, 0.1) is 0 Å². The highest BCUT2D eigenvalue weighted by atomic mass is 79.9. The third-order valence-corrected chi connectivity index (χ3v) is 4.32. The van der Waals surface area contributed by atoms with E-state index in [9.17, 15) is 4.79 Å². The van der Waals surface area contributed by atoms with Crippen LogP contribution in [0.5, 0.6) is 23.0 Å². The van der Waals surface area contributed by atoms with Gasteiger partial charge in [0, 0.05) is 11.6 Å². The molecular weight excluding hydrogens is 426 g/mol. The van der Waals surface area contributed by atoms with Crippen molar-refractivity contribution in [2.45, 2.75) is 6.54 Å². The zero-order chi connectivity index (χ0) is 19.1. The minimum absolute atomic E-state index is 0.120. The number of amides is 1. The summed E-state index contributed by atoms with van der Waals surface area (Å²) in [6.07, 6.45) is 0. The van der Waals surface area contributed by atoms with Crippen molar-refractivity contribution in [2.75, 3.05) is 27.9 Å². The third-order valence-electron chi connectivity index (χ3n) is 3.47. The van der Waals surface area contributed by atoms with E-state index < -0.39 is 0 Å². The lowest BCUT2D eigenvalue weighted by molar-refractivity contribution is -0.123. The van der Waals surface area contributed by atoms with E-state index in [0.29, 0.717) is 39.0 Å². The zero-order valence-electron chi connectivity index (χ0n) is 14.6. The summed E-state index contributed by atoms with van der Waals surface area (Å²) >= 11 is 9.21. The molecule has 140 valence electrons. The second-order valence-corrected chi connectivity index (χ2v) is 6.46. The molecule has 2 rings (SSSR count). The molecule has 8 heteroatoms. The van der Waals surface area contributed by atoms with Gasteiger partial charge in [-0.15, -0.1) is 0 Å². The van der Waals surface area contributed by atoms with Crippen molar-refractivity contribution in [3.8, 4) is 23.0 Å². The number of carbonyl (C=O) groups is 1. The molecule has 2 aromatic carbocycles. The summed E-state index contributed by atoms with van der Waals surface area (Å²) in [5.74, 6) is 1.83. The zero-order valence-corrected chi connectivity index (χ0v) is 16.9. The van der Waals surface area contributed by atoms with Gasteiger partial charge in [0.05, 0.1) is 25.8 Å². The lowest BCUT2D eigenvalue weighted by Gasteiger charge is -2.14. The van der Waals surface area contributed by atoms with Gasteiger partial charge >= 0.3 is 0 Å². The van der Waals surface area contributed by atoms with Crippen LogP contribution in [0.15, 0.2) is 34.8 Å². The molecule has 0 heterocycles. The highest BCUT2D eigenvalue weighted by Crippen LogP contribution is 2.38. The average Bonchev–Trinajstić information content (AvgIpc) is 2.64. The first kappa shape index (κ1) is 20.2. The molecule has 0 radical (unpaired) electrons. The summed E-state index contributed by atoms with van der Waals surface area (Å²) in [7, 11) is 4.61. The number of halogens is 2. The van der Waals surface area contributed by atoms with E-state index in [1.54, 1.807) is 30.3 Å². The second-order valence-electron chi connectivity index (χ2n) is 5.17. The Morgan fingerprint density at radius 2 is 1.69 bits per heavy atom. The molecule has 0 aliphatic carbocycles. The first-order valence-corrected chi connectivity index (χ1v) is 8.79. The van der Waals surface area contributed by atoms with Gasteiger partial charge in [-0.3, -0.25) is 4.79 Å². The summed E-state index contributed by atoms with van der Waals surface area (Å²) in [6.45, 7) is 0.172. The fourth-order valence-electron chi connectivity index (χ4n) is 2.22. The highest BCUT2D eigenvalue weighted by molar-refractivity contribution is 9.10. The van der Waals surface area contributed by atoms with E-state index in [2.05, 4.69) is 21.2 Å². The van der Waals surface area contributed by atoms with Gasteiger partial charge in [0.1, 0.15) is 5.75 Å². The quantitative estimate of drug-likeness (QED) is 0.670. The molecule has 26 heavy (non-hydrogen) atoms. The first-order chi connectivity index (χ1) is 12.5. The molecule has 0 saturated carbocycles. The van der Waals surface area contributed by atoms with Crippen molar-refractivity contribution >= 4 is 33.4 Å². The number of nitrogens with one attached hydrogen (secondary N) is 1. The van der Waals surface area contributed by atoms with Gasteiger partial charge in [-0.1, -0.05) is 11.6 Å². The van der Waals surface area contributed by atoms with Crippen molar-refractivity contribution < 1.29 is 23.7 Å². The Balaban J connectivity index is 1.96. The number of rotatable bonds is 8. The Morgan fingerprint density at radius 1 is 1.04 bits per heavy atom. The first-order valence-electron chi connectivity index (χ1n) is 7.62. The average molecular weight is 445 g/mol. The maximum Gasteiger partial charge on any atom is 0.258 e. The molecular formula is C18H19BrClNO5. The van der Waals surface area contributed by atoms with Crippen LogP contribution >= 0.6 is 27.5 Å². The molecule has 6 nitrogen and oxygen atoms in total. The fraction of sp³-hybridized carbons (Fsp3) is 0.278. The van der Waals surface area contributed by atoms with Crippen LogP contribution < -0.4 is 24.3 Å². The topological polar surface area (TPSA) is 66.0 Å². The molecule has 1 N–H and O–H groups in total. The SMILES string of the molecule is COc1cc(CNC(=O)COc2ccc(Cl)cc2Br)cc(OC)c1OC. The van der Waals surface area contributed by atoms with Crippen LogP contribution in [-0.4, -0.2) is 33.8 Å². The summed E-state index contributed by atoms with van der Waals surface area (Å²) in [5.41, 5.74) is 0.806. The minimum Gasteiger partial charge on any atom is -0.493 e. The van der Waals surface area contributed by atoms with E-state index in [-0.39, 0.29) is 12.5 Å². The van der Waals surface area contributed by atoms with Gasteiger partial charge in [-0.05, 0) is 51.8 Å². The molecule has 0 atom stereocenters. The molecule has 0 spiro atoms. The normalized spacial score (nSPS) is 10.2. The number of methoxy groups -OCH3 is 3. The lowest BCUT2D eigenvalue weighted by atomic mass is 10.1. The predicted octanol–water partition coefficient (Wildman–Crippen LogP) is 3.82. The monoisotopic (exact) mass is 443 g/mol. The Kier molecular flexibility index (Phi) is 7.41. The highest BCUT2D eigenvalue weighted by Gasteiger charge is 2.14. The van der Waals surface area contributed by atoms with Crippen molar-refractivity contribution in [3.63, 3.8) is 0 Å². The smallest absolute Gasteiger partial charge is 0.258 e. The molecule has 0 unspecified atom stereocenters. The van der Waals surface area contributed by atoms with E-state index in [0.717, 1.165) is 5.56 Å². The predicted molar refractivity (Wildman–Crippen MR) is 103 cm³/mol. The van der Waals surface area contributed by atoms with E-state index in [4.69, 9.17) is 30.5 Å². The lowest BCUT2D eigenvalue weighted by Crippen LogP contribution is -2.28. The largest absolute Gasteiger partial charge is 0.493 e. The molecule has 0 bridgehead atoms. The van der Waals surface area contributed by atoms with Gasteiger partial charge in [-0.25, -0.2) is 0 Å². The van der Waals surface area contributed by atoms with E-state index >= 15 is 0 Å². The van der Waals surface area contributed by atoms with Crippen molar-refractivity contribution in [3.05, 3.63) is 45.4 Å². The molecule has 2 aromatic rings. The maximum absolute atomic E-state index is 12.0. The van der Waals surface area contributed by atoms with Crippen LogP contribution in [0.3, 0.4) is 0 Å². The number of carbonyl (C=O) groups excluding carboxylic acids is 1. The summed E-state index contributed by atoms with van der Waals surface area (Å²) < 4.78 is 22.0. The number of benzene rings is 2. The Morgan fingerprint density at radius 3 is 2.23 bits per heavy atom. The van der Waals surface area contributed by atoms with Crippen molar-refractivity contribution in [1.29, 1.82) is 0 Å². The molecule has 0 aliphatic rings. The van der Waals surface area contributed by atoms with Crippen LogP contribution in [0.2, 0.25) is 5.02 Å². The number of hydrogen-bond acceptors (Lipinski definition) is 5. The van der Waals surface area contributed by atoms with Crippen molar-refractivity contribution in [2.24, 2.45) is 0 Å². The van der Waals surface area contributed by atoms with E-state index in [1.165, 1.54) is 21.3 Å². The Hall–Kier alpha value is -2.12. The van der Waals surface area contributed by atoms with Gasteiger partial charge in [0.2, 0.25) is 5.75 Å². The third kappa shape index (κ3) is 5.19. The van der Waals surface area contributed by atoms with Gasteiger partial charge in [0.25, 0.3) is 5.91 Å². The summed E-state index contributed by atoms with van der Waals surface area (Å²) in [4.78, 5) is 12.0. The Labute approximate surface area is 165 Å². The summed E-state index contributed by atoms with van der Waals surface area (Å²) in [5, 5.41) is 3.36. The van der Waals surface area contributed by atoms with Crippen LogP contribution in [-0.2, 0) is 11.3 Å². The standard InChI is InChI=1S/C18H19BrClNO5/c1-23-15-6-11(7-16(24-2)18(15)25-3)9-21-17(22)10-26-14-5-4-12(20)8-13(14)19/h4-8H,9-10H2,1-3H3,(H,21,22). The molecule has 1 amide bonds. The fourth-order valence-corrected chi connectivity index (χ4v) is 3.02. The Bertz CT molecular complexity index is 759. The van der Waals surface area contributed by atoms with Gasteiger partial charge in [0.15, 0.2) is 18.1 Å². The molecule has 0 saturated heterocycles. The number of hydrogen-bond donors (Lipinski definition) is 1. The van der Waals surface area contributed by atoms with Crippen LogP contribution in [0.1, 0.15) is 5.56 Å². The molecule has 0 aliphatic heterocycles. The number of ether oxygens (including phenoxy) is 4. The van der Waals surface area contributed by atoms with Crippen LogP contribution in [0.4, 0.5) is 0 Å². The maximum atomic E-state index is 12.0. The minimum atomic E-state index is -0.263. The van der Waals surface area contributed by atoms with E-state index in [1.807, 2.05) is 0 Å². The molecule has 0 aromatic heterocycles. The second kappa shape index (κ2) is 9.54. The summed E-state index contributed by atoms with van der Waals surface area (Å²) in [6, 6.07) is 8.63. The van der Waals surface area contributed by atoms with Gasteiger partial charge < -0.3 is 24.3 Å². The van der Waals surface area contributed by atoms with Crippen LogP contribution in [0.25, 0.3) is 0 Å². The molecule has 0 fully saturated rings. The van der Waals surface area contributed by atoms with Crippen molar-refractivity contribution in [1.82, 2.24) is 5.32 Å². The van der Waals surface area contributed by atoms with Gasteiger partial charge in [-0.2, -0.15) is 0 Å².